The van der Waals surface area contributed by atoms with Gasteiger partial charge in [0.15, 0.2) is 5.69 Å². The Bertz CT molecular complexity index is 976. The number of aromatic nitrogens is 1. The third kappa shape index (κ3) is 2.86. The summed E-state index contributed by atoms with van der Waals surface area (Å²) >= 11 is 0. The van der Waals surface area contributed by atoms with Gasteiger partial charge >= 0.3 is 6.18 Å². The quantitative estimate of drug-likeness (QED) is 0.446. The standard InChI is InChI=1S/C20H16F3NO/c1-12(2)19-18(14-7-5-4-6-8-14)17-11-15(20(21,22)23)9-10-16(17)13(3)24(19)25/h4-11H,1H2,2-3H3. The number of fused-ring (bicyclic) bond motifs is 1. The zero-order chi connectivity index (χ0) is 18.4. The van der Waals surface area contributed by atoms with Gasteiger partial charge in [-0.1, -0.05) is 36.9 Å². The van der Waals surface area contributed by atoms with Crippen LogP contribution in [0.1, 0.15) is 23.9 Å². The fourth-order valence-electron chi connectivity index (χ4n) is 3.03. The zero-order valence-corrected chi connectivity index (χ0v) is 13.8. The predicted molar refractivity (Wildman–Crippen MR) is 92.8 cm³/mol. The Balaban J connectivity index is 2.53. The third-order valence-electron chi connectivity index (χ3n) is 4.22. The van der Waals surface area contributed by atoms with Crippen LogP contribution in [0.25, 0.3) is 27.5 Å². The monoisotopic (exact) mass is 343 g/mol. The highest BCUT2D eigenvalue weighted by Gasteiger charge is 2.32. The molecule has 3 rings (SSSR count). The van der Waals surface area contributed by atoms with Gasteiger partial charge in [-0.25, -0.2) is 0 Å². The largest absolute Gasteiger partial charge is 0.618 e. The number of allylic oxidation sites excluding steroid dienone is 1. The van der Waals surface area contributed by atoms with Crippen LogP contribution in [-0.2, 0) is 6.18 Å². The van der Waals surface area contributed by atoms with Gasteiger partial charge in [-0.2, -0.15) is 17.9 Å². The van der Waals surface area contributed by atoms with Crippen LogP contribution in [0, 0.1) is 12.1 Å². The average molecular weight is 343 g/mol. The normalized spacial score (nSPS) is 11.7. The van der Waals surface area contributed by atoms with Crippen molar-refractivity contribution in [2.24, 2.45) is 0 Å². The second kappa shape index (κ2) is 5.92. The highest BCUT2D eigenvalue weighted by molar-refractivity contribution is 6.01. The van der Waals surface area contributed by atoms with Gasteiger partial charge in [0.05, 0.1) is 16.5 Å². The average Bonchev–Trinajstić information content (AvgIpc) is 2.57. The molecule has 0 spiro atoms. The molecule has 0 saturated carbocycles. The van der Waals surface area contributed by atoms with Crippen LogP contribution in [0.15, 0.2) is 55.1 Å². The number of rotatable bonds is 2. The fraction of sp³-hybridized carbons (Fsp3) is 0.150. The number of alkyl halides is 3. The van der Waals surface area contributed by atoms with Crippen molar-refractivity contribution >= 4 is 16.3 Å². The van der Waals surface area contributed by atoms with Crippen molar-refractivity contribution in [1.29, 1.82) is 0 Å². The summed E-state index contributed by atoms with van der Waals surface area (Å²) < 4.78 is 40.4. The molecule has 5 heteroatoms. The summed E-state index contributed by atoms with van der Waals surface area (Å²) in [5.74, 6) is 0. The second-order valence-corrected chi connectivity index (χ2v) is 6.01. The molecule has 0 aliphatic heterocycles. The molecule has 0 radical (unpaired) electrons. The Labute approximate surface area is 143 Å². The van der Waals surface area contributed by atoms with Crippen molar-refractivity contribution < 1.29 is 17.9 Å². The Morgan fingerprint density at radius 1 is 1.04 bits per heavy atom. The van der Waals surface area contributed by atoms with Crippen molar-refractivity contribution in [3.63, 3.8) is 0 Å². The van der Waals surface area contributed by atoms with Crippen molar-refractivity contribution in [2.45, 2.75) is 20.0 Å². The summed E-state index contributed by atoms with van der Waals surface area (Å²) in [5.41, 5.74) is 1.53. The number of pyridine rings is 1. The molecule has 1 heterocycles. The molecule has 2 nitrogen and oxygen atoms in total. The predicted octanol–water partition coefficient (Wildman–Crippen LogP) is 5.50. The van der Waals surface area contributed by atoms with E-state index in [9.17, 15) is 18.4 Å². The summed E-state index contributed by atoms with van der Waals surface area (Å²) in [5, 5.41) is 13.6. The van der Waals surface area contributed by atoms with E-state index in [2.05, 4.69) is 6.58 Å². The molecule has 3 aromatic rings. The summed E-state index contributed by atoms with van der Waals surface area (Å²) in [4.78, 5) is 0. The number of nitrogens with zero attached hydrogens (tertiary/aromatic N) is 1. The van der Waals surface area contributed by atoms with Crippen molar-refractivity contribution in [1.82, 2.24) is 0 Å². The third-order valence-corrected chi connectivity index (χ3v) is 4.22. The van der Waals surface area contributed by atoms with E-state index in [1.165, 1.54) is 6.07 Å². The van der Waals surface area contributed by atoms with Gasteiger partial charge in [-0.3, -0.25) is 0 Å². The van der Waals surface area contributed by atoms with Crippen LogP contribution < -0.4 is 4.73 Å². The maximum absolute atomic E-state index is 13.2. The molecule has 0 aliphatic carbocycles. The van der Waals surface area contributed by atoms with Crippen LogP contribution in [0.5, 0.6) is 0 Å². The summed E-state index contributed by atoms with van der Waals surface area (Å²) in [7, 11) is 0. The van der Waals surface area contributed by atoms with Gasteiger partial charge in [-0.15, -0.1) is 0 Å². The van der Waals surface area contributed by atoms with E-state index in [1.54, 1.807) is 38.1 Å². The number of hydrogen-bond donors (Lipinski definition) is 0. The van der Waals surface area contributed by atoms with Gasteiger partial charge in [0.1, 0.15) is 0 Å². The molecule has 0 unspecified atom stereocenters. The van der Waals surface area contributed by atoms with Gasteiger partial charge in [0.25, 0.3) is 0 Å². The van der Waals surface area contributed by atoms with Crippen LogP contribution in [0.4, 0.5) is 13.2 Å². The lowest BCUT2D eigenvalue weighted by Crippen LogP contribution is -2.35. The van der Waals surface area contributed by atoms with E-state index in [0.29, 0.717) is 33.2 Å². The molecule has 0 aliphatic rings. The molecule has 128 valence electrons. The van der Waals surface area contributed by atoms with E-state index >= 15 is 0 Å². The van der Waals surface area contributed by atoms with Gasteiger partial charge in [-0.05, 0) is 30.7 Å². The fourth-order valence-corrected chi connectivity index (χ4v) is 3.03. The van der Waals surface area contributed by atoms with Crippen molar-refractivity contribution in [3.05, 3.63) is 77.3 Å². The van der Waals surface area contributed by atoms with Crippen LogP contribution in [0.3, 0.4) is 0 Å². The minimum Gasteiger partial charge on any atom is -0.618 e. The molecule has 0 fully saturated rings. The minimum atomic E-state index is -4.46. The van der Waals surface area contributed by atoms with E-state index in [-0.39, 0.29) is 5.69 Å². The lowest BCUT2D eigenvalue weighted by Gasteiger charge is -2.17. The molecular formula is C20H16F3NO. The Kier molecular flexibility index (Phi) is 4.03. The van der Waals surface area contributed by atoms with E-state index in [0.717, 1.165) is 16.9 Å². The maximum atomic E-state index is 13.2. The Morgan fingerprint density at radius 2 is 1.68 bits per heavy atom. The molecule has 0 bridgehead atoms. The molecule has 0 amide bonds. The molecule has 0 saturated heterocycles. The first-order chi connectivity index (χ1) is 11.7. The molecule has 0 atom stereocenters. The van der Waals surface area contributed by atoms with Gasteiger partial charge in [0.2, 0.25) is 5.69 Å². The van der Waals surface area contributed by atoms with E-state index in [4.69, 9.17) is 0 Å². The lowest BCUT2D eigenvalue weighted by molar-refractivity contribution is -0.612. The van der Waals surface area contributed by atoms with Gasteiger partial charge in [0, 0.05) is 17.9 Å². The van der Waals surface area contributed by atoms with Crippen molar-refractivity contribution in [3.8, 4) is 11.1 Å². The maximum Gasteiger partial charge on any atom is 0.416 e. The molecule has 2 aromatic carbocycles. The highest BCUT2D eigenvalue weighted by atomic mass is 19.4. The van der Waals surface area contributed by atoms with Crippen LogP contribution >= 0.6 is 0 Å². The SMILES string of the molecule is C=C(C)c1c(-c2ccccc2)c2cc(C(F)(F)F)ccc2c(C)[n+]1[O-]. The van der Waals surface area contributed by atoms with E-state index < -0.39 is 11.7 Å². The first kappa shape index (κ1) is 17.0. The second-order valence-electron chi connectivity index (χ2n) is 6.01. The van der Waals surface area contributed by atoms with Crippen LogP contribution in [-0.4, -0.2) is 0 Å². The topological polar surface area (TPSA) is 26.9 Å². The zero-order valence-electron chi connectivity index (χ0n) is 13.8. The van der Waals surface area contributed by atoms with Crippen molar-refractivity contribution in [2.75, 3.05) is 0 Å². The molecule has 25 heavy (non-hydrogen) atoms. The van der Waals surface area contributed by atoms with Gasteiger partial charge < -0.3 is 5.21 Å². The minimum absolute atomic E-state index is 0.288. The Hall–Kier alpha value is -2.82. The highest BCUT2D eigenvalue weighted by Crippen LogP contribution is 2.38. The first-order valence-electron chi connectivity index (χ1n) is 7.70. The molecule has 0 N–H and O–H groups in total. The molecular weight excluding hydrogens is 327 g/mol. The summed E-state index contributed by atoms with van der Waals surface area (Å²) in [6.45, 7) is 7.13. The number of benzene rings is 2. The van der Waals surface area contributed by atoms with E-state index in [1.807, 2.05) is 6.07 Å². The first-order valence-corrected chi connectivity index (χ1v) is 7.70. The summed E-state index contributed by atoms with van der Waals surface area (Å²) in [6.07, 6.45) is -4.46. The smallest absolute Gasteiger partial charge is 0.416 e. The Morgan fingerprint density at radius 3 is 2.24 bits per heavy atom. The molecule has 1 aromatic heterocycles. The number of halogens is 3. The number of aryl methyl sites for hydroxylation is 1. The summed E-state index contributed by atoms with van der Waals surface area (Å²) in [6, 6.07) is 12.4. The number of hydrogen-bond acceptors (Lipinski definition) is 1. The lowest BCUT2D eigenvalue weighted by atomic mass is 9.92. The van der Waals surface area contributed by atoms with Crippen LogP contribution in [0.2, 0.25) is 0 Å².